The minimum absolute atomic E-state index is 0.00718. The molecule has 3 aliphatic rings. The van der Waals surface area contributed by atoms with Crippen molar-refractivity contribution < 1.29 is 17.9 Å². The van der Waals surface area contributed by atoms with Crippen LogP contribution in [0.25, 0.3) is 0 Å². The largest absolute Gasteiger partial charge is 0.393 e. The molecule has 1 N–H and O–H groups in total. The van der Waals surface area contributed by atoms with E-state index in [1.54, 1.807) is 6.08 Å². The molecule has 3 aliphatic carbocycles. The molecule has 0 aromatic carbocycles. The quantitative estimate of drug-likeness (QED) is 0.525. The molecule has 0 heterocycles. The molecule has 0 spiro atoms. The lowest BCUT2D eigenvalue weighted by Gasteiger charge is -2.42. The molecule has 3 rings (SSSR count). The van der Waals surface area contributed by atoms with Gasteiger partial charge < -0.3 is 5.11 Å². The molecule has 172 valence electrons. The second-order valence-corrected chi connectivity index (χ2v) is 12.4. The van der Waals surface area contributed by atoms with Crippen molar-refractivity contribution in [2.75, 3.05) is 6.26 Å². The Hall–Kier alpha value is -1.46. The molecule has 5 atom stereocenters. The SMILES string of the molecule is C=C1CCC(O)C/C1=C/C=C1\CCCC2(C)C(C(C)/C=C/C(C)(F)S(C)(=O)=O)=CCC12. The summed E-state index contributed by atoms with van der Waals surface area (Å²) in [6.45, 7) is 9.60. The highest BCUT2D eigenvalue weighted by Crippen LogP contribution is 2.56. The number of allylic oxidation sites excluding steroid dienone is 7. The summed E-state index contributed by atoms with van der Waals surface area (Å²) in [5.41, 5.74) is 5.01. The topological polar surface area (TPSA) is 54.4 Å². The third-order valence-electron chi connectivity index (χ3n) is 7.70. The Morgan fingerprint density at radius 2 is 2.06 bits per heavy atom. The summed E-state index contributed by atoms with van der Waals surface area (Å²) in [5.74, 6) is 0.398. The van der Waals surface area contributed by atoms with Crippen molar-refractivity contribution in [2.24, 2.45) is 17.3 Å². The van der Waals surface area contributed by atoms with Crippen LogP contribution in [-0.2, 0) is 9.84 Å². The Morgan fingerprint density at radius 1 is 1.35 bits per heavy atom. The molecule has 0 saturated heterocycles. The van der Waals surface area contributed by atoms with E-state index in [0.717, 1.165) is 62.9 Å². The molecule has 0 amide bonds. The molecule has 5 heteroatoms. The van der Waals surface area contributed by atoms with E-state index in [0.29, 0.717) is 12.3 Å². The average Bonchev–Trinajstić information content (AvgIpc) is 3.03. The predicted octanol–water partition coefficient (Wildman–Crippen LogP) is 6.00. The highest BCUT2D eigenvalue weighted by atomic mass is 32.2. The second-order valence-electron chi connectivity index (χ2n) is 10.1. The van der Waals surface area contributed by atoms with E-state index in [9.17, 15) is 17.9 Å². The molecule has 0 bridgehead atoms. The van der Waals surface area contributed by atoms with Crippen molar-refractivity contribution in [3.8, 4) is 0 Å². The molecule has 0 aromatic rings. The zero-order valence-corrected chi connectivity index (χ0v) is 20.1. The van der Waals surface area contributed by atoms with Crippen molar-refractivity contribution in [2.45, 2.75) is 76.8 Å². The first-order valence-corrected chi connectivity index (χ1v) is 13.3. The summed E-state index contributed by atoms with van der Waals surface area (Å²) in [6, 6.07) is 0. The Balaban J connectivity index is 1.80. The molecule has 2 fully saturated rings. The summed E-state index contributed by atoms with van der Waals surface area (Å²) in [4.78, 5) is 0. The molecule has 31 heavy (non-hydrogen) atoms. The van der Waals surface area contributed by atoms with Crippen LogP contribution in [0.2, 0.25) is 0 Å². The number of halogens is 1. The summed E-state index contributed by atoms with van der Waals surface area (Å²) < 4.78 is 37.9. The van der Waals surface area contributed by atoms with E-state index in [-0.39, 0.29) is 17.4 Å². The Labute approximate surface area is 187 Å². The zero-order chi connectivity index (χ0) is 23.0. The summed E-state index contributed by atoms with van der Waals surface area (Å²) in [7, 11) is -3.81. The van der Waals surface area contributed by atoms with E-state index in [1.807, 2.05) is 6.92 Å². The maximum absolute atomic E-state index is 14.5. The third-order valence-corrected chi connectivity index (χ3v) is 9.28. The number of aliphatic hydroxyl groups is 1. The first kappa shape index (κ1) is 24.2. The van der Waals surface area contributed by atoms with E-state index in [1.165, 1.54) is 17.2 Å². The Morgan fingerprint density at radius 3 is 2.74 bits per heavy atom. The van der Waals surface area contributed by atoms with E-state index < -0.39 is 14.8 Å². The van der Waals surface area contributed by atoms with Crippen LogP contribution >= 0.6 is 0 Å². The highest BCUT2D eigenvalue weighted by molar-refractivity contribution is 7.92. The minimum Gasteiger partial charge on any atom is -0.393 e. The van der Waals surface area contributed by atoms with Gasteiger partial charge in [-0.2, -0.15) is 0 Å². The van der Waals surface area contributed by atoms with Gasteiger partial charge in [0.05, 0.1) is 6.10 Å². The molecule has 0 aromatic heterocycles. The number of hydrogen-bond acceptors (Lipinski definition) is 3. The van der Waals surface area contributed by atoms with Gasteiger partial charge in [-0.25, -0.2) is 12.8 Å². The van der Waals surface area contributed by atoms with E-state index in [2.05, 4.69) is 31.7 Å². The smallest absolute Gasteiger partial charge is 0.225 e. The number of rotatable bonds is 5. The van der Waals surface area contributed by atoms with Crippen molar-refractivity contribution in [3.05, 3.63) is 59.3 Å². The van der Waals surface area contributed by atoms with Gasteiger partial charge in [-0.3, -0.25) is 0 Å². The first-order valence-electron chi connectivity index (χ1n) is 11.4. The lowest BCUT2D eigenvalue weighted by Crippen LogP contribution is -2.32. The zero-order valence-electron chi connectivity index (χ0n) is 19.3. The fourth-order valence-corrected chi connectivity index (χ4v) is 5.82. The van der Waals surface area contributed by atoms with Gasteiger partial charge in [0.15, 0.2) is 9.84 Å². The van der Waals surface area contributed by atoms with Crippen LogP contribution in [0.4, 0.5) is 4.39 Å². The van der Waals surface area contributed by atoms with Crippen LogP contribution in [0.1, 0.15) is 65.7 Å². The van der Waals surface area contributed by atoms with Crippen molar-refractivity contribution in [1.29, 1.82) is 0 Å². The van der Waals surface area contributed by atoms with Crippen molar-refractivity contribution >= 4 is 9.84 Å². The van der Waals surface area contributed by atoms with Gasteiger partial charge >= 0.3 is 0 Å². The van der Waals surface area contributed by atoms with Gasteiger partial charge in [0, 0.05) is 6.26 Å². The van der Waals surface area contributed by atoms with Gasteiger partial charge in [0.2, 0.25) is 5.00 Å². The van der Waals surface area contributed by atoms with Crippen molar-refractivity contribution in [3.63, 3.8) is 0 Å². The van der Waals surface area contributed by atoms with Gasteiger partial charge in [0.1, 0.15) is 0 Å². The number of aliphatic hydroxyl groups excluding tert-OH is 1. The Kier molecular flexibility index (Phi) is 6.88. The molecule has 3 nitrogen and oxygen atoms in total. The third kappa shape index (κ3) is 4.98. The lowest BCUT2D eigenvalue weighted by molar-refractivity contribution is 0.158. The molecule has 2 saturated carbocycles. The molecular formula is C26H37FO3S. The van der Waals surface area contributed by atoms with Gasteiger partial charge in [-0.05, 0) is 80.8 Å². The minimum atomic E-state index is -3.81. The number of sulfone groups is 1. The van der Waals surface area contributed by atoms with Gasteiger partial charge in [-0.1, -0.05) is 61.4 Å². The molecular weight excluding hydrogens is 411 g/mol. The highest BCUT2D eigenvalue weighted by Gasteiger charge is 2.45. The standard InChI is InChI=1S/C26H37FO3S/c1-18-8-11-22(28)17-21(18)10-9-20-7-6-15-25(3)23(12-13-24(20)25)19(2)14-16-26(4,27)31(5,29)30/h9-10,12,14,16,19,22,24,28H,1,6-8,11,13,15,17H2,2-5H3/b16-14+,20-9+,21-10-. The summed E-state index contributed by atoms with van der Waals surface area (Å²) >= 11 is 0. The number of hydrogen-bond donors (Lipinski definition) is 1. The van der Waals surface area contributed by atoms with Crippen LogP contribution in [-0.4, -0.2) is 30.9 Å². The lowest BCUT2D eigenvalue weighted by atomic mass is 9.62. The van der Waals surface area contributed by atoms with E-state index in [4.69, 9.17) is 0 Å². The van der Waals surface area contributed by atoms with Crippen LogP contribution in [0.5, 0.6) is 0 Å². The second kappa shape index (κ2) is 8.82. The summed E-state index contributed by atoms with van der Waals surface area (Å²) in [6.07, 6.45) is 16.8. The first-order chi connectivity index (χ1) is 14.3. The maximum Gasteiger partial charge on any atom is 0.225 e. The monoisotopic (exact) mass is 448 g/mol. The molecule has 5 unspecified atom stereocenters. The van der Waals surface area contributed by atoms with Crippen LogP contribution < -0.4 is 0 Å². The maximum atomic E-state index is 14.5. The van der Waals surface area contributed by atoms with E-state index >= 15 is 0 Å². The van der Waals surface area contributed by atoms with Crippen molar-refractivity contribution in [1.82, 2.24) is 0 Å². The van der Waals surface area contributed by atoms with Crippen LogP contribution in [0.3, 0.4) is 0 Å². The number of fused-ring (bicyclic) bond motifs is 1. The molecule has 0 aliphatic heterocycles. The van der Waals surface area contributed by atoms with Gasteiger partial charge in [-0.15, -0.1) is 0 Å². The fraction of sp³-hybridized carbons (Fsp3) is 0.615. The molecule has 0 radical (unpaired) electrons. The summed E-state index contributed by atoms with van der Waals surface area (Å²) in [5, 5.41) is 7.65. The average molecular weight is 449 g/mol. The fourth-order valence-electron chi connectivity index (χ4n) is 5.50. The Bertz CT molecular complexity index is 951. The predicted molar refractivity (Wildman–Crippen MR) is 126 cm³/mol. The number of alkyl halides is 1. The normalized spacial score (nSPS) is 35.3. The van der Waals surface area contributed by atoms with Gasteiger partial charge in [0.25, 0.3) is 0 Å². The van der Waals surface area contributed by atoms with Crippen LogP contribution in [0, 0.1) is 17.3 Å². The van der Waals surface area contributed by atoms with Crippen LogP contribution in [0.15, 0.2) is 59.3 Å².